The van der Waals surface area contributed by atoms with Crippen molar-refractivity contribution in [3.05, 3.63) is 76.1 Å². The first kappa shape index (κ1) is 16.7. The highest BCUT2D eigenvalue weighted by molar-refractivity contribution is 6.31. The number of hydrogen-bond acceptors (Lipinski definition) is 2. The minimum atomic E-state index is -0.496. The molecule has 23 heavy (non-hydrogen) atoms. The van der Waals surface area contributed by atoms with Crippen LogP contribution in [0.25, 0.3) is 6.08 Å². The SMILES string of the molecule is N#C/C(=C\c1cccc(F)c1)C(=O)NCCc1ccccc1Cl. The number of halogens is 2. The van der Waals surface area contributed by atoms with Crippen molar-refractivity contribution in [3.8, 4) is 6.07 Å². The highest BCUT2D eigenvalue weighted by atomic mass is 35.5. The largest absolute Gasteiger partial charge is 0.351 e. The number of carbonyl (C=O) groups is 1. The molecule has 5 heteroatoms. The third kappa shape index (κ3) is 4.94. The average molecular weight is 329 g/mol. The summed E-state index contributed by atoms with van der Waals surface area (Å²) in [5.41, 5.74) is 1.31. The lowest BCUT2D eigenvalue weighted by Gasteiger charge is -2.06. The van der Waals surface area contributed by atoms with Gasteiger partial charge in [0.15, 0.2) is 0 Å². The van der Waals surface area contributed by atoms with E-state index in [9.17, 15) is 9.18 Å². The van der Waals surface area contributed by atoms with E-state index in [1.165, 1.54) is 24.3 Å². The van der Waals surface area contributed by atoms with E-state index >= 15 is 0 Å². The lowest BCUT2D eigenvalue weighted by atomic mass is 10.1. The molecule has 0 saturated heterocycles. The molecule has 0 atom stereocenters. The van der Waals surface area contributed by atoms with Gasteiger partial charge in [-0.3, -0.25) is 4.79 Å². The molecule has 0 fully saturated rings. The van der Waals surface area contributed by atoms with Crippen molar-refractivity contribution < 1.29 is 9.18 Å². The van der Waals surface area contributed by atoms with Gasteiger partial charge in [0, 0.05) is 11.6 Å². The molecule has 0 aromatic heterocycles. The summed E-state index contributed by atoms with van der Waals surface area (Å²) >= 11 is 6.04. The number of nitrogens with zero attached hydrogens (tertiary/aromatic N) is 1. The van der Waals surface area contributed by atoms with Gasteiger partial charge in [0.25, 0.3) is 5.91 Å². The Morgan fingerprint density at radius 1 is 1.26 bits per heavy atom. The van der Waals surface area contributed by atoms with Gasteiger partial charge in [-0.25, -0.2) is 4.39 Å². The number of carbonyl (C=O) groups excluding carboxylic acids is 1. The lowest BCUT2D eigenvalue weighted by Crippen LogP contribution is -2.26. The molecule has 1 N–H and O–H groups in total. The van der Waals surface area contributed by atoms with Crippen LogP contribution < -0.4 is 5.32 Å². The summed E-state index contributed by atoms with van der Waals surface area (Å²) in [6, 6.07) is 14.9. The predicted octanol–water partition coefficient (Wildman–Crippen LogP) is 3.74. The second-order valence-electron chi connectivity index (χ2n) is 4.82. The zero-order valence-electron chi connectivity index (χ0n) is 12.2. The summed E-state index contributed by atoms with van der Waals surface area (Å²) in [7, 11) is 0. The van der Waals surface area contributed by atoms with Crippen LogP contribution in [0, 0.1) is 17.1 Å². The Labute approximate surface area is 139 Å². The summed E-state index contributed by atoms with van der Waals surface area (Å²) in [6.07, 6.45) is 1.91. The average Bonchev–Trinajstić information content (AvgIpc) is 2.54. The summed E-state index contributed by atoms with van der Waals surface area (Å²) in [6.45, 7) is 0.352. The van der Waals surface area contributed by atoms with Crippen LogP contribution >= 0.6 is 11.6 Å². The first-order chi connectivity index (χ1) is 11.1. The lowest BCUT2D eigenvalue weighted by molar-refractivity contribution is -0.117. The van der Waals surface area contributed by atoms with E-state index in [1.54, 1.807) is 12.1 Å². The topological polar surface area (TPSA) is 52.9 Å². The van der Waals surface area contributed by atoms with Gasteiger partial charge in [-0.05, 0) is 41.8 Å². The minimum absolute atomic E-state index is 0.0743. The first-order valence-electron chi connectivity index (χ1n) is 6.99. The molecule has 1 amide bonds. The molecule has 0 heterocycles. The molecular formula is C18H14ClFN2O. The zero-order valence-corrected chi connectivity index (χ0v) is 13.0. The van der Waals surface area contributed by atoms with Crippen molar-refractivity contribution in [1.29, 1.82) is 5.26 Å². The molecule has 0 aliphatic carbocycles. The molecule has 0 unspecified atom stereocenters. The number of hydrogen-bond donors (Lipinski definition) is 1. The third-order valence-electron chi connectivity index (χ3n) is 3.16. The van der Waals surface area contributed by atoms with Crippen molar-refractivity contribution >= 4 is 23.6 Å². The first-order valence-corrected chi connectivity index (χ1v) is 7.37. The van der Waals surface area contributed by atoms with Gasteiger partial charge in [0.1, 0.15) is 17.5 Å². The molecule has 3 nitrogen and oxygen atoms in total. The van der Waals surface area contributed by atoms with Crippen LogP contribution in [0.2, 0.25) is 5.02 Å². The maximum Gasteiger partial charge on any atom is 0.261 e. The maximum absolute atomic E-state index is 13.1. The van der Waals surface area contributed by atoms with Gasteiger partial charge in [0.05, 0.1) is 0 Å². The van der Waals surface area contributed by atoms with Gasteiger partial charge < -0.3 is 5.32 Å². The molecule has 0 saturated carbocycles. The van der Waals surface area contributed by atoms with Crippen molar-refractivity contribution in [2.75, 3.05) is 6.54 Å². The van der Waals surface area contributed by atoms with Gasteiger partial charge >= 0.3 is 0 Å². The van der Waals surface area contributed by atoms with Crippen LogP contribution in [-0.4, -0.2) is 12.5 Å². The maximum atomic E-state index is 13.1. The smallest absolute Gasteiger partial charge is 0.261 e. The highest BCUT2D eigenvalue weighted by Crippen LogP contribution is 2.15. The third-order valence-corrected chi connectivity index (χ3v) is 3.53. The van der Waals surface area contributed by atoms with Crippen LogP contribution in [0.15, 0.2) is 54.1 Å². The fourth-order valence-electron chi connectivity index (χ4n) is 2.02. The zero-order chi connectivity index (χ0) is 16.7. The Morgan fingerprint density at radius 3 is 2.74 bits per heavy atom. The molecule has 0 aliphatic rings. The Kier molecular flexibility index (Phi) is 5.90. The summed E-state index contributed by atoms with van der Waals surface area (Å²) < 4.78 is 13.1. The fourth-order valence-corrected chi connectivity index (χ4v) is 2.25. The Balaban J connectivity index is 1.98. The molecule has 2 rings (SSSR count). The fraction of sp³-hybridized carbons (Fsp3) is 0.111. The van der Waals surface area contributed by atoms with E-state index in [4.69, 9.17) is 16.9 Å². The van der Waals surface area contributed by atoms with Gasteiger partial charge in [0.2, 0.25) is 0 Å². The Bertz CT molecular complexity index is 781. The molecule has 116 valence electrons. The van der Waals surface area contributed by atoms with E-state index in [2.05, 4.69) is 5.32 Å². The van der Waals surface area contributed by atoms with Crippen LogP contribution in [0.5, 0.6) is 0 Å². The normalized spacial score (nSPS) is 10.9. The molecule has 0 spiro atoms. The Hall–Kier alpha value is -2.64. The van der Waals surface area contributed by atoms with E-state index in [1.807, 2.05) is 24.3 Å². The number of nitriles is 1. The van der Waals surface area contributed by atoms with Crippen LogP contribution in [0.1, 0.15) is 11.1 Å². The second-order valence-corrected chi connectivity index (χ2v) is 5.23. The van der Waals surface area contributed by atoms with Gasteiger partial charge in [-0.15, -0.1) is 0 Å². The highest BCUT2D eigenvalue weighted by Gasteiger charge is 2.09. The second kappa shape index (κ2) is 8.11. The van der Waals surface area contributed by atoms with E-state index < -0.39 is 11.7 Å². The number of benzene rings is 2. The van der Waals surface area contributed by atoms with Crippen molar-refractivity contribution in [2.24, 2.45) is 0 Å². The van der Waals surface area contributed by atoms with Gasteiger partial charge in [-0.1, -0.05) is 41.9 Å². The number of rotatable bonds is 5. The van der Waals surface area contributed by atoms with E-state index in [0.29, 0.717) is 23.6 Å². The van der Waals surface area contributed by atoms with Crippen LogP contribution in [0.3, 0.4) is 0 Å². The molecule has 2 aromatic carbocycles. The number of nitrogens with one attached hydrogen (secondary N) is 1. The van der Waals surface area contributed by atoms with Crippen LogP contribution in [-0.2, 0) is 11.2 Å². The van der Waals surface area contributed by atoms with E-state index in [-0.39, 0.29) is 5.57 Å². The monoisotopic (exact) mass is 328 g/mol. The van der Waals surface area contributed by atoms with Crippen molar-refractivity contribution in [1.82, 2.24) is 5.32 Å². The quantitative estimate of drug-likeness (QED) is 0.671. The molecule has 0 bridgehead atoms. The molecule has 0 radical (unpaired) electrons. The van der Waals surface area contributed by atoms with E-state index in [0.717, 1.165) is 5.56 Å². The predicted molar refractivity (Wildman–Crippen MR) is 88.2 cm³/mol. The standard InChI is InChI=1S/C18H14ClFN2O/c19-17-7-2-1-5-14(17)8-9-22-18(23)15(12-21)10-13-4-3-6-16(20)11-13/h1-7,10-11H,8-9H2,(H,22,23)/b15-10+. The van der Waals surface area contributed by atoms with Crippen LogP contribution in [0.4, 0.5) is 4.39 Å². The molecule has 2 aromatic rings. The molecule has 0 aliphatic heterocycles. The Morgan fingerprint density at radius 2 is 2.04 bits per heavy atom. The van der Waals surface area contributed by atoms with Gasteiger partial charge in [-0.2, -0.15) is 5.26 Å². The summed E-state index contributed by atoms with van der Waals surface area (Å²) in [5.74, 6) is -0.918. The van der Waals surface area contributed by atoms with Crippen molar-refractivity contribution in [2.45, 2.75) is 6.42 Å². The molecular weight excluding hydrogens is 315 g/mol. The number of amides is 1. The minimum Gasteiger partial charge on any atom is -0.351 e. The summed E-state index contributed by atoms with van der Waals surface area (Å²) in [5, 5.41) is 12.4. The summed E-state index contributed by atoms with van der Waals surface area (Å²) in [4.78, 5) is 12.0. The van der Waals surface area contributed by atoms with Crippen molar-refractivity contribution in [3.63, 3.8) is 0 Å².